The molecule has 1 amide bonds. The molecule has 0 unspecified atom stereocenters. The molecule has 3 aromatic rings. The Morgan fingerprint density at radius 1 is 1.26 bits per heavy atom. The third-order valence-electron chi connectivity index (χ3n) is 6.10. The topological polar surface area (TPSA) is 135 Å². The van der Waals surface area contributed by atoms with Crippen LogP contribution in [0.25, 0.3) is 11.3 Å². The van der Waals surface area contributed by atoms with E-state index in [1.54, 1.807) is 17.9 Å². The molecular formula is C22H28N10O2. The molecule has 0 saturated carbocycles. The van der Waals surface area contributed by atoms with Crippen LogP contribution in [-0.4, -0.2) is 69.4 Å². The van der Waals surface area contributed by atoms with E-state index in [0.717, 1.165) is 34.8 Å². The van der Waals surface area contributed by atoms with Crippen molar-refractivity contribution in [2.24, 2.45) is 7.05 Å². The first kappa shape index (κ1) is 18.6. The van der Waals surface area contributed by atoms with Gasteiger partial charge in [0.05, 0.1) is 30.1 Å². The van der Waals surface area contributed by atoms with Gasteiger partial charge in [-0.05, 0) is 26.3 Å². The fourth-order valence-electron chi connectivity index (χ4n) is 4.33. The van der Waals surface area contributed by atoms with Crippen molar-refractivity contribution < 1.29 is 13.6 Å². The number of hydrogen-bond acceptors (Lipinski definition) is 10. The monoisotopic (exact) mass is 467 g/mol. The standard InChI is InChI=1S/C22H28N10O2/c1-11-8-14-18-17(29-32(5)30-18)12(2)31(4)20(14)21(24-11)26-15-9-16(25-13-6-7-34-10-13)27-28-19(15)22(33)23-3/h8-9,12-13H,6-7,10H2,1-5H3,(H,23,33)(H2,24,25,26,27)/t12-,13+/m0/s1/i3D3. The lowest BCUT2D eigenvalue weighted by Crippen LogP contribution is -2.28. The number of nitrogens with one attached hydrogen (secondary N) is 3. The fourth-order valence-corrected chi connectivity index (χ4v) is 4.33. The number of carbonyl (C=O) groups excluding carboxylic acids is 1. The smallest absolute Gasteiger partial charge is 0.273 e. The molecule has 12 heteroatoms. The van der Waals surface area contributed by atoms with Crippen LogP contribution >= 0.6 is 0 Å². The second-order valence-electron chi connectivity index (χ2n) is 8.49. The molecule has 0 radical (unpaired) electrons. The maximum atomic E-state index is 12.9. The maximum Gasteiger partial charge on any atom is 0.273 e. The highest BCUT2D eigenvalue weighted by molar-refractivity contribution is 5.99. The molecule has 34 heavy (non-hydrogen) atoms. The highest BCUT2D eigenvalue weighted by atomic mass is 16.5. The minimum Gasteiger partial charge on any atom is -0.379 e. The summed E-state index contributed by atoms with van der Waals surface area (Å²) in [5.74, 6) is -0.000156. The fraction of sp³-hybridized carbons (Fsp3) is 0.455. The zero-order valence-electron chi connectivity index (χ0n) is 22.4. The number of pyridine rings is 1. The average Bonchev–Trinajstić information content (AvgIpc) is 3.45. The van der Waals surface area contributed by atoms with Gasteiger partial charge in [-0.3, -0.25) is 4.79 Å². The van der Waals surface area contributed by atoms with Gasteiger partial charge in [-0.2, -0.15) is 15.0 Å². The quantitative estimate of drug-likeness (QED) is 0.510. The van der Waals surface area contributed by atoms with Crippen LogP contribution in [0.3, 0.4) is 0 Å². The van der Waals surface area contributed by atoms with Crippen LogP contribution in [0.15, 0.2) is 12.1 Å². The summed E-state index contributed by atoms with van der Waals surface area (Å²) in [6, 6.07) is 3.53. The molecule has 12 nitrogen and oxygen atoms in total. The highest BCUT2D eigenvalue weighted by Gasteiger charge is 2.33. The largest absolute Gasteiger partial charge is 0.379 e. The van der Waals surface area contributed by atoms with Crippen molar-refractivity contribution >= 4 is 28.9 Å². The molecule has 1 fully saturated rings. The van der Waals surface area contributed by atoms with Gasteiger partial charge in [-0.25, -0.2) is 4.98 Å². The van der Waals surface area contributed by atoms with Gasteiger partial charge in [-0.15, -0.1) is 10.2 Å². The van der Waals surface area contributed by atoms with Crippen molar-refractivity contribution in [2.75, 3.05) is 42.8 Å². The average molecular weight is 468 g/mol. The van der Waals surface area contributed by atoms with Crippen LogP contribution < -0.4 is 20.9 Å². The molecule has 0 aliphatic carbocycles. The molecule has 2 aliphatic rings. The SMILES string of the molecule is [2H]C([2H])([2H])NC(=O)c1nnc(N[C@@H]2CCOC2)cc1Nc1nc(C)cc2c1N(C)[C@@H](C)c1nn(C)nc1-2. The summed E-state index contributed by atoms with van der Waals surface area (Å²) in [6.45, 7) is 2.37. The van der Waals surface area contributed by atoms with Crippen LogP contribution in [0.5, 0.6) is 0 Å². The van der Waals surface area contributed by atoms with Gasteiger partial charge < -0.3 is 25.6 Å². The van der Waals surface area contributed by atoms with E-state index >= 15 is 0 Å². The number of nitrogens with zero attached hydrogens (tertiary/aromatic N) is 7. The maximum absolute atomic E-state index is 12.9. The number of aryl methyl sites for hydroxylation is 2. The minimum absolute atomic E-state index is 0.0520. The summed E-state index contributed by atoms with van der Waals surface area (Å²) < 4.78 is 27.7. The van der Waals surface area contributed by atoms with Crippen molar-refractivity contribution in [3.05, 3.63) is 29.2 Å². The molecule has 0 aromatic carbocycles. The Morgan fingerprint density at radius 3 is 2.88 bits per heavy atom. The van der Waals surface area contributed by atoms with Gasteiger partial charge in [0, 0.05) is 49.1 Å². The molecule has 1 saturated heterocycles. The van der Waals surface area contributed by atoms with E-state index < -0.39 is 12.9 Å². The number of hydrogen-bond donors (Lipinski definition) is 3. The Bertz CT molecular complexity index is 1350. The van der Waals surface area contributed by atoms with E-state index in [2.05, 4.69) is 31.0 Å². The third-order valence-corrected chi connectivity index (χ3v) is 6.10. The molecular weight excluding hydrogens is 436 g/mol. The predicted octanol–water partition coefficient (Wildman–Crippen LogP) is 1.79. The summed E-state index contributed by atoms with van der Waals surface area (Å²) in [5.41, 5.74) is 4.02. The second kappa shape index (κ2) is 8.52. The molecule has 178 valence electrons. The molecule has 5 heterocycles. The number of aromatic nitrogens is 6. The van der Waals surface area contributed by atoms with Gasteiger partial charge in [0.25, 0.3) is 5.91 Å². The zero-order valence-corrected chi connectivity index (χ0v) is 19.4. The van der Waals surface area contributed by atoms with Crippen LogP contribution in [-0.2, 0) is 11.8 Å². The van der Waals surface area contributed by atoms with Gasteiger partial charge in [0.1, 0.15) is 11.4 Å². The van der Waals surface area contributed by atoms with E-state index in [1.807, 2.05) is 37.2 Å². The summed E-state index contributed by atoms with van der Waals surface area (Å²) in [6.07, 6.45) is 0.807. The molecule has 5 rings (SSSR count). The van der Waals surface area contributed by atoms with Crippen LogP contribution in [0, 0.1) is 6.92 Å². The first-order chi connectivity index (χ1) is 17.5. The minimum atomic E-state index is -2.69. The van der Waals surface area contributed by atoms with Gasteiger partial charge in [0.15, 0.2) is 17.3 Å². The van der Waals surface area contributed by atoms with Gasteiger partial charge in [-0.1, -0.05) is 0 Å². The first-order valence-corrected chi connectivity index (χ1v) is 11.0. The molecule has 3 N–H and O–H groups in total. The number of amides is 1. The zero-order chi connectivity index (χ0) is 26.5. The lowest BCUT2D eigenvalue weighted by molar-refractivity contribution is 0.0958. The Morgan fingerprint density at radius 2 is 2.12 bits per heavy atom. The van der Waals surface area contributed by atoms with Crippen molar-refractivity contribution in [3.8, 4) is 11.3 Å². The van der Waals surface area contributed by atoms with Crippen molar-refractivity contribution in [1.29, 1.82) is 0 Å². The van der Waals surface area contributed by atoms with Gasteiger partial charge in [0.2, 0.25) is 0 Å². The molecule has 2 aliphatic heterocycles. The number of rotatable bonds is 5. The van der Waals surface area contributed by atoms with Crippen LogP contribution in [0.4, 0.5) is 23.0 Å². The Labute approximate surface area is 201 Å². The van der Waals surface area contributed by atoms with E-state index in [4.69, 9.17) is 13.8 Å². The molecule has 3 aromatic heterocycles. The van der Waals surface area contributed by atoms with Crippen molar-refractivity contribution in [2.45, 2.75) is 32.4 Å². The summed E-state index contributed by atoms with van der Waals surface area (Å²) in [5, 5.41) is 25.8. The van der Waals surface area contributed by atoms with E-state index in [-0.39, 0.29) is 23.5 Å². The van der Waals surface area contributed by atoms with Gasteiger partial charge >= 0.3 is 0 Å². The Kier molecular flexibility index (Phi) is 4.66. The van der Waals surface area contributed by atoms with Crippen LogP contribution in [0.2, 0.25) is 0 Å². The number of carbonyl (C=O) groups is 1. The van der Waals surface area contributed by atoms with E-state index in [9.17, 15) is 4.79 Å². The summed E-state index contributed by atoms with van der Waals surface area (Å²) in [4.78, 5) is 21.2. The predicted molar refractivity (Wildman–Crippen MR) is 127 cm³/mol. The second-order valence-corrected chi connectivity index (χ2v) is 8.49. The lowest BCUT2D eigenvalue weighted by Gasteiger charge is -2.33. The first-order valence-electron chi connectivity index (χ1n) is 12.5. The Balaban J connectivity index is 1.59. The van der Waals surface area contributed by atoms with E-state index in [1.165, 1.54) is 0 Å². The highest BCUT2D eigenvalue weighted by Crippen LogP contribution is 2.46. The third kappa shape index (κ3) is 3.79. The summed E-state index contributed by atoms with van der Waals surface area (Å²) in [7, 11) is 3.71. The number of fused-ring (bicyclic) bond motifs is 3. The Hall–Kier alpha value is -3.80. The molecule has 2 atom stereocenters. The molecule has 0 spiro atoms. The number of ether oxygens (including phenoxy) is 1. The number of anilines is 4. The molecule has 0 bridgehead atoms. The van der Waals surface area contributed by atoms with Crippen molar-refractivity contribution in [1.82, 2.24) is 35.5 Å². The lowest BCUT2D eigenvalue weighted by atomic mass is 9.98. The normalized spacial score (nSPS) is 20.6. The van der Waals surface area contributed by atoms with Crippen LogP contribution in [0.1, 0.15) is 45.4 Å². The summed E-state index contributed by atoms with van der Waals surface area (Å²) >= 11 is 0. The van der Waals surface area contributed by atoms with E-state index in [0.29, 0.717) is 24.8 Å². The van der Waals surface area contributed by atoms with Crippen molar-refractivity contribution in [3.63, 3.8) is 0 Å².